The van der Waals surface area contributed by atoms with Crippen molar-refractivity contribution in [1.29, 1.82) is 0 Å². The van der Waals surface area contributed by atoms with Gasteiger partial charge in [0.1, 0.15) is 17.2 Å². The van der Waals surface area contributed by atoms with E-state index < -0.39 is 69.6 Å². The molecule has 0 aromatic carbocycles. The number of rotatable bonds is 8. The topological polar surface area (TPSA) is 172 Å². The Balaban J connectivity index is 2.18. The average Bonchev–Trinajstić information content (AvgIpc) is 2.87. The first kappa shape index (κ1) is 27.8. The lowest BCUT2D eigenvalue weighted by atomic mass is 9.91. The van der Waals surface area contributed by atoms with E-state index in [2.05, 4.69) is 0 Å². The lowest BCUT2D eigenvalue weighted by Gasteiger charge is -2.32. The van der Waals surface area contributed by atoms with Crippen molar-refractivity contribution >= 4 is 34.3 Å². The number of piperidine rings is 1. The minimum Gasteiger partial charge on any atom is -0.459 e. The van der Waals surface area contributed by atoms with Crippen LogP contribution >= 0.6 is 0 Å². The highest BCUT2D eigenvalue weighted by molar-refractivity contribution is 7.81. The number of fused-ring (bicyclic) bond motifs is 2. The van der Waals surface area contributed by atoms with Crippen molar-refractivity contribution in [3.63, 3.8) is 0 Å². The highest BCUT2D eigenvalue weighted by Gasteiger charge is 2.51. The highest BCUT2D eigenvalue weighted by Crippen LogP contribution is 2.32. The molecule has 0 spiro atoms. The van der Waals surface area contributed by atoms with Crippen molar-refractivity contribution < 1.29 is 45.5 Å². The van der Waals surface area contributed by atoms with Gasteiger partial charge in [0.2, 0.25) is 5.91 Å². The van der Waals surface area contributed by atoms with Gasteiger partial charge in [-0.15, -0.1) is 4.28 Å². The maximum absolute atomic E-state index is 12.8. The Hall–Kier alpha value is -2.45. The monoisotopic (exact) mass is 507 g/mol. The van der Waals surface area contributed by atoms with Crippen molar-refractivity contribution in [3.8, 4) is 0 Å². The Morgan fingerprint density at radius 2 is 1.47 bits per heavy atom. The second kappa shape index (κ2) is 9.30. The number of ether oxygens (including phenoxy) is 2. The van der Waals surface area contributed by atoms with Crippen molar-refractivity contribution in [3.05, 3.63) is 0 Å². The molecule has 0 radical (unpaired) electrons. The van der Waals surface area contributed by atoms with Crippen LogP contribution in [0.2, 0.25) is 0 Å². The molecule has 2 atom stereocenters. The van der Waals surface area contributed by atoms with Crippen LogP contribution in [0.4, 0.5) is 4.79 Å². The zero-order valence-electron chi connectivity index (χ0n) is 20.4. The van der Waals surface area contributed by atoms with Crippen molar-refractivity contribution in [1.82, 2.24) is 9.96 Å². The molecule has 2 aliphatic rings. The van der Waals surface area contributed by atoms with Crippen LogP contribution < -0.4 is 5.73 Å². The Morgan fingerprint density at radius 3 is 1.91 bits per heavy atom. The quantitative estimate of drug-likeness (QED) is 0.362. The summed E-state index contributed by atoms with van der Waals surface area (Å²) in [5.74, 6) is -2.83. The largest absolute Gasteiger partial charge is 0.459 e. The second-order valence-corrected chi connectivity index (χ2v) is 11.7. The van der Waals surface area contributed by atoms with E-state index in [0.29, 0.717) is 5.06 Å². The molecular weight excluding hydrogens is 474 g/mol. The molecule has 2 aliphatic heterocycles. The van der Waals surface area contributed by atoms with Crippen LogP contribution in [0.15, 0.2) is 0 Å². The van der Waals surface area contributed by atoms with E-state index >= 15 is 0 Å². The van der Waals surface area contributed by atoms with Crippen LogP contribution in [-0.2, 0) is 42.7 Å². The Kier molecular flexibility index (Phi) is 7.60. The summed E-state index contributed by atoms with van der Waals surface area (Å²) in [6, 6.07) is -2.38. The predicted octanol–water partition coefficient (Wildman–Crippen LogP) is 0.623. The lowest BCUT2D eigenvalue weighted by Crippen LogP contribution is -2.48. The molecule has 0 aliphatic carbocycles. The van der Waals surface area contributed by atoms with E-state index in [1.807, 2.05) is 0 Å². The maximum atomic E-state index is 12.8. The normalized spacial score (nSPS) is 21.4. The number of nitrogens with zero attached hydrogens (tertiary/aromatic N) is 2. The average molecular weight is 508 g/mol. The molecule has 3 amide bonds. The molecule has 2 heterocycles. The number of nitrogens with two attached hydrogens (primary N) is 1. The Morgan fingerprint density at radius 1 is 0.971 bits per heavy atom. The van der Waals surface area contributed by atoms with E-state index in [-0.39, 0.29) is 19.4 Å². The standard InChI is InChI=1S/C20H33N3O10S/c1-18(2,3)31-15(25)20(7,16(26)32-19(4,5)6)11-30-34(28,29)33-23-12-8-9-13(14(21)24)22(10-12)17(23)27/h12-13H,8-11H2,1-7H3,(H2,21,24)/t12-,13+/m1/s1. The number of hydroxylamine groups is 2. The Bertz CT molecular complexity index is 923. The van der Waals surface area contributed by atoms with Crippen molar-refractivity contribution in [2.45, 2.75) is 84.6 Å². The van der Waals surface area contributed by atoms with Crippen LogP contribution in [0.25, 0.3) is 0 Å². The fourth-order valence-corrected chi connectivity index (χ4v) is 4.12. The minimum absolute atomic E-state index is 0.0511. The highest BCUT2D eigenvalue weighted by atomic mass is 32.3. The number of urea groups is 1. The summed E-state index contributed by atoms with van der Waals surface area (Å²) >= 11 is 0. The molecule has 13 nitrogen and oxygen atoms in total. The molecule has 0 saturated carbocycles. The van der Waals surface area contributed by atoms with E-state index in [9.17, 15) is 27.6 Å². The summed E-state index contributed by atoms with van der Waals surface area (Å²) in [6.45, 7) is 9.63. The van der Waals surface area contributed by atoms with Gasteiger partial charge < -0.3 is 20.1 Å². The molecule has 0 aromatic heterocycles. The predicted molar refractivity (Wildman–Crippen MR) is 116 cm³/mol. The van der Waals surface area contributed by atoms with Gasteiger partial charge in [0.05, 0.1) is 12.6 Å². The molecular formula is C20H33N3O10S. The molecule has 0 unspecified atom stereocenters. The van der Waals surface area contributed by atoms with Gasteiger partial charge in [-0.1, -0.05) is 0 Å². The van der Waals surface area contributed by atoms with Crippen LogP contribution in [0, 0.1) is 5.41 Å². The SMILES string of the molecule is CC(C)(C)OC(=O)C(C)(COS(=O)(=O)ON1C(=O)N2C[C@H]1CC[C@H]2C(N)=O)C(=O)OC(C)(C)C. The number of carbonyl (C=O) groups is 4. The molecule has 2 rings (SSSR count). The number of esters is 2. The summed E-state index contributed by atoms with van der Waals surface area (Å²) in [5, 5.41) is 0.594. The Labute approximate surface area is 199 Å². The van der Waals surface area contributed by atoms with Crippen LogP contribution in [-0.4, -0.2) is 78.7 Å². The van der Waals surface area contributed by atoms with Gasteiger partial charge >= 0.3 is 28.4 Å². The molecule has 2 fully saturated rings. The minimum atomic E-state index is -4.92. The zero-order valence-corrected chi connectivity index (χ0v) is 21.3. The summed E-state index contributed by atoms with van der Waals surface area (Å²) in [5.41, 5.74) is 1.17. The van der Waals surface area contributed by atoms with E-state index in [0.717, 1.165) is 11.8 Å². The van der Waals surface area contributed by atoms with E-state index in [1.54, 1.807) is 41.5 Å². The van der Waals surface area contributed by atoms with E-state index in [1.165, 1.54) is 0 Å². The summed E-state index contributed by atoms with van der Waals surface area (Å²) in [4.78, 5) is 50.9. The van der Waals surface area contributed by atoms with Gasteiger partial charge in [-0.2, -0.15) is 13.5 Å². The number of hydrogen-bond acceptors (Lipinski definition) is 10. The second-order valence-electron chi connectivity index (χ2n) is 10.5. The van der Waals surface area contributed by atoms with E-state index in [4.69, 9.17) is 23.7 Å². The van der Waals surface area contributed by atoms with Gasteiger partial charge in [0.25, 0.3) is 0 Å². The van der Waals surface area contributed by atoms with Crippen molar-refractivity contribution in [2.24, 2.45) is 11.1 Å². The zero-order chi connectivity index (χ0) is 26.3. The van der Waals surface area contributed by atoms with Gasteiger partial charge in [0.15, 0.2) is 5.41 Å². The van der Waals surface area contributed by atoms with Crippen molar-refractivity contribution in [2.75, 3.05) is 13.2 Å². The fourth-order valence-electron chi connectivity index (χ4n) is 3.32. The number of carbonyl (C=O) groups excluding carboxylic acids is 4. The number of amides is 3. The summed E-state index contributed by atoms with van der Waals surface area (Å²) < 4.78 is 45.3. The molecule has 2 N–H and O–H groups in total. The maximum Gasteiger partial charge on any atom is 0.421 e. The van der Waals surface area contributed by atoms with Crippen LogP contribution in [0.3, 0.4) is 0 Å². The molecule has 2 saturated heterocycles. The third kappa shape index (κ3) is 6.57. The number of primary amides is 1. The summed E-state index contributed by atoms with van der Waals surface area (Å²) in [6.07, 6.45) is 0.529. The van der Waals surface area contributed by atoms with Gasteiger partial charge in [-0.3, -0.25) is 14.4 Å². The molecule has 34 heavy (non-hydrogen) atoms. The summed E-state index contributed by atoms with van der Waals surface area (Å²) in [7, 11) is -4.92. The van der Waals surface area contributed by atoms with Gasteiger partial charge in [0, 0.05) is 6.54 Å². The fraction of sp³-hybridized carbons (Fsp3) is 0.800. The van der Waals surface area contributed by atoms with Gasteiger partial charge in [-0.05, 0) is 61.3 Å². The third-order valence-electron chi connectivity index (χ3n) is 5.01. The molecule has 2 bridgehead atoms. The third-order valence-corrected chi connectivity index (χ3v) is 5.76. The molecule has 194 valence electrons. The smallest absolute Gasteiger partial charge is 0.421 e. The number of hydrogen-bond donors (Lipinski definition) is 1. The van der Waals surface area contributed by atoms with Gasteiger partial charge in [-0.25, -0.2) is 8.98 Å². The first-order valence-corrected chi connectivity index (χ1v) is 12.0. The van der Waals surface area contributed by atoms with Crippen LogP contribution in [0.5, 0.6) is 0 Å². The first-order chi connectivity index (χ1) is 15.3. The molecule has 14 heteroatoms. The van der Waals surface area contributed by atoms with Crippen LogP contribution in [0.1, 0.15) is 61.3 Å². The molecule has 0 aromatic rings. The first-order valence-electron chi connectivity index (χ1n) is 10.7. The lowest BCUT2D eigenvalue weighted by molar-refractivity contribution is -0.186.